The number of hydrogen-bond acceptors (Lipinski definition) is 4. The van der Waals surface area contributed by atoms with Gasteiger partial charge in [-0.3, -0.25) is 5.10 Å². The van der Waals surface area contributed by atoms with Crippen molar-refractivity contribution in [3.05, 3.63) is 39.1 Å². The monoisotopic (exact) mass is 383 g/mol. The second-order valence-electron chi connectivity index (χ2n) is 4.30. The largest absolute Gasteiger partial charge is 0.496 e. The molecule has 0 atom stereocenters. The summed E-state index contributed by atoms with van der Waals surface area (Å²) in [7, 11) is 1.61. The third-order valence-corrected chi connectivity index (χ3v) is 5.16. The summed E-state index contributed by atoms with van der Waals surface area (Å²) in [5.41, 5.74) is 8.50. The van der Waals surface area contributed by atoms with E-state index >= 15 is 0 Å². The van der Waals surface area contributed by atoms with Gasteiger partial charge in [-0.1, -0.05) is 11.6 Å². The van der Waals surface area contributed by atoms with Crippen LogP contribution in [0.3, 0.4) is 0 Å². The molecule has 3 rings (SSSR count). The Balaban J connectivity index is 2.27. The fourth-order valence-electron chi connectivity index (χ4n) is 2.14. The Bertz CT molecular complexity index is 799. The Morgan fingerprint density at radius 1 is 1.38 bits per heavy atom. The summed E-state index contributed by atoms with van der Waals surface area (Å²) in [5, 5.41) is 9.74. The Labute approximate surface area is 139 Å². The predicted octanol–water partition coefficient (Wildman–Crippen LogP) is 4.81. The normalized spacial score (nSPS) is 10.8. The van der Waals surface area contributed by atoms with Crippen molar-refractivity contribution in [2.24, 2.45) is 0 Å². The number of nitrogen functional groups attached to an aromatic ring is 1. The molecule has 7 heteroatoms. The van der Waals surface area contributed by atoms with Crippen LogP contribution in [-0.4, -0.2) is 17.3 Å². The molecule has 0 radical (unpaired) electrons. The fraction of sp³-hybridized carbons (Fsp3) is 0.0714. The minimum Gasteiger partial charge on any atom is -0.496 e. The number of rotatable bonds is 3. The Morgan fingerprint density at radius 3 is 2.86 bits per heavy atom. The maximum Gasteiger partial charge on any atom is 0.153 e. The summed E-state index contributed by atoms with van der Waals surface area (Å²) in [6.07, 6.45) is 0. The number of anilines is 1. The van der Waals surface area contributed by atoms with Crippen LogP contribution in [-0.2, 0) is 0 Å². The highest BCUT2D eigenvalue weighted by molar-refractivity contribution is 9.10. The van der Waals surface area contributed by atoms with Gasteiger partial charge in [0.15, 0.2) is 5.82 Å². The van der Waals surface area contributed by atoms with Gasteiger partial charge in [0.1, 0.15) is 5.75 Å². The van der Waals surface area contributed by atoms with E-state index in [2.05, 4.69) is 26.1 Å². The Morgan fingerprint density at radius 2 is 2.19 bits per heavy atom. The first-order valence-electron chi connectivity index (χ1n) is 6.03. The average molecular weight is 385 g/mol. The molecule has 108 valence electrons. The number of nitrogens with two attached hydrogens (primary N) is 1. The van der Waals surface area contributed by atoms with Gasteiger partial charge in [0.2, 0.25) is 0 Å². The SMILES string of the molecule is COc1ccc(Cl)cc1-c1c(N)n[nH]c1-c1sccc1Br. The van der Waals surface area contributed by atoms with Gasteiger partial charge in [-0.25, -0.2) is 0 Å². The van der Waals surface area contributed by atoms with E-state index in [1.165, 1.54) is 0 Å². The van der Waals surface area contributed by atoms with Crippen LogP contribution in [0, 0.1) is 0 Å². The molecule has 0 aliphatic heterocycles. The summed E-state index contributed by atoms with van der Waals surface area (Å²) < 4.78 is 6.40. The molecular formula is C14H11BrClN3OS. The van der Waals surface area contributed by atoms with E-state index in [4.69, 9.17) is 22.1 Å². The van der Waals surface area contributed by atoms with Crippen molar-refractivity contribution in [1.29, 1.82) is 0 Å². The van der Waals surface area contributed by atoms with Gasteiger partial charge in [-0.05, 0) is 45.6 Å². The molecule has 3 N–H and O–H groups in total. The lowest BCUT2D eigenvalue weighted by atomic mass is 10.0. The molecule has 0 bridgehead atoms. The molecule has 0 fully saturated rings. The number of hydrogen-bond donors (Lipinski definition) is 2. The first kappa shape index (κ1) is 14.4. The summed E-state index contributed by atoms with van der Waals surface area (Å²) in [6.45, 7) is 0. The van der Waals surface area contributed by atoms with Crippen LogP contribution in [0.1, 0.15) is 0 Å². The quantitative estimate of drug-likeness (QED) is 0.681. The number of aromatic nitrogens is 2. The van der Waals surface area contributed by atoms with Crippen LogP contribution < -0.4 is 10.5 Å². The van der Waals surface area contributed by atoms with Crippen molar-refractivity contribution in [3.8, 4) is 27.4 Å². The second kappa shape index (κ2) is 5.71. The zero-order valence-electron chi connectivity index (χ0n) is 11.0. The topological polar surface area (TPSA) is 63.9 Å². The highest BCUT2D eigenvalue weighted by Gasteiger charge is 2.20. The number of halogens is 2. The van der Waals surface area contributed by atoms with Gasteiger partial charge in [0.05, 0.1) is 23.2 Å². The van der Waals surface area contributed by atoms with Gasteiger partial charge in [0.25, 0.3) is 0 Å². The molecule has 21 heavy (non-hydrogen) atoms. The Kier molecular flexibility index (Phi) is 3.93. The first-order valence-corrected chi connectivity index (χ1v) is 8.08. The molecule has 0 spiro atoms. The van der Waals surface area contributed by atoms with Crippen molar-refractivity contribution in [3.63, 3.8) is 0 Å². The van der Waals surface area contributed by atoms with Gasteiger partial charge in [0, 0.05) is 15.1 Å². The lowest BCUT2D eigenvalue weighted by Crippen LogP contribution is -1.92. The van der Waals surface area contributed by atoms with E-state index < -0.39 is 0 Å². The predicted molar refractivity (Wildman–Crippen MR) is 91.0 cm³/mol. The van der Waals surface area contributed by atoms with Crippen molar-refractivity contribution in [2.45, 2.75) is 0 Å². The van der Waals surface area contributed by atoms with Gasteiger partial charge in [-0.2, -0.15) is 5.10 Å². The van der Waals surface area contributed by atoms with E-state index in [1.807, 2.05) is 23.6 Å². The van der Waals surface area contributed by atoms with Crippen LogP contribution in [0.4, 0.5) is 5.82 Å². The molecule has 0 amide bonds. The van der Waals surface area contributed by atoms with Crippen molar-refractivity contribution in [1.82, 2.24) is 10.2 Å². The number of ether oxygens (including phenoxy) is 1. The number of methoxy groups -OCH3 is 1. The summed E-state index contributed by atoms with van der Waals surface area (Å²) in [4.78, 5) is 1.02. The van der Waals surface area contributed by atoms with Gasteiger partial charge in [-0.15, -0.1) is 11.3 Å². The van der Waals surface area contributed by atoms with Crippen LogP contribution in [0.15, 0.2) is 34.1 Å². The highest BCUT2D eigenvalue weighted by atomic mass is 79.9. The molecule has 0 aliphatic carbocycles. The number of nitrogens with zero attached hydrogens (tertiary/aromatic N) is 1. The number of H-pyrrole nitrogens is 1. The van der Waals surface area contributed by atoms with E-state index in [9.17, 15) is 0 Å². The van der Waals surface area contributed by atoms with Crippen LogP contribution in [0.2, 0.25) is 5.02 Å². The molecule has 4 nitrogen and oxygen atoms in total. The fourth-order valence-corrected chi connectivity index (χ4v) is 3.88. The lowest BCUT2D eigenvalue weighted by Gasteiger charge is -2.10. The molecule has 1 aromatic carbocycles. The van der Waals surface area contributed by atoms with Crippen LogP contribution >= 0.6 is 38.9 Å². The third-order valence-electron chi connectivity index (χ3n) is 3.07. The summed E-state index contributed by atoms with van der Waals surface area (Å²) in [6, 6.07) is 7.40. The molecule has 0 unspecified atom stereocenters. The molecule has 2 heterocycles. The van der Waals surface area contributed by atoms with Crippen molar-refractivity contribution < 1.29 is 4.74 Å². The maximum absolute atomic E-state index is 6.12. The van der Waals surface area contributed by atoms with Gasteiger partial charge >= 0.3 is 0 Å². The number of nitrogens with one attached hydrogen (secondary N) is 1. The minimum atomic E-state index is 0.408. The van der Waals surface area contributed by atoms with E-state index in [0.717, 1.165) is 26.2 Å². The number of aromatic amines is 1. The van der Waals surface area contributed by atoms with E-state index in [1.54, 1.807) is 24.5 Å². The highest BCUT2D eigenvalue weighted by Crippen LogP contribution is 2.44. The molecule has 2 aromatic heterocycles. The standard InChI is InChI=1S/C14H11BrClN3OS/c1-20-10-3-2-7(16)6-8(10)11-12(18-19-14(11)17)13-9(15)4-5-21-13/h2-6H,1H3,(H3,17,18,19). The second-order valence-corrected chi connectivity index (χ2v) is 6.51. The van der Waals surface area contributed by atoms with E-state index in [-0.39, 0.29) is 0 Å². The lowest BCUT2D eigenvalue weighted by molar-refractivity contribution is 0.416. The third kappa shape index (κ3) is 2.54. The van der Waals surface area contributed by atoms with Gasteiger partial charge < -0.3 is 10.5 Å². The number of benzene rings is 1. The maximum atomic E-state index is 6.12. The molecule has 3 aromatic rings. The number of thiophene rings is 1. The van der Waals surface area contributed by atoms with Crippen LogP contribution in [0.5, 0.6) is 5.75 Å². The van der Waals surface area contributed by atoms with Crippen molar-refractivity contribution in [2.75, 3.05) is 12.8 Å². The average Bonchev–Trinajstić information content (AvgIpc) is 3.04. The first-order chi connectivity index (χ1) is 10.1. The van der Waals surface area contributed by atoms with Crippen LogP contribution in [0.25, 0.3) is 21.7 Å². The van der Waals surface area contributed by atoms with Crippen molar-refractivity contribution >= 4 is 44.7 Å². The minimum absolute atomic E-state index is 0.408. The summed E-state index contributed by atoms with van der Waals surface area (Å²) >= 11 is 11.2. The molecule has 0 aliphatic rings. The molecule has 0 saturated carbocycles. The molecule has 0 saturated heterocycles. The van der Waals surface area contributed by atoms with E-state index in [0.29, 0.717) is 16.6 Å². The smallest absolute Gasteiger partial charge is 0.153 e. The zero-order chi connectivity index (χ0) is 15.0. The molecular weight excluding hydrogens is 374 g/mol. The summed E-state index contributed by atoms with van der Waals surface area (Å²) in [5.74, 6) is 1.10. The Hall–Kier alpha value is -1.50. The zero-order valence-corrected chi connectivity index (χ0v) is 14.1.